The molecule has 5 rings (SSSR count). The van der Waals surface area contributed by atoms with Crippen LogP contribution in [0.2, 0.25) is 0 Å². The minimum atomic E-state index is 0.0761. The van der Waals surface area contributed by atoms with Crippen molar-refractivity contribution in [1.82, 2.24) is 0 Å². The lowest BCUT2D eigenvalue weighted by atomic mass is 9.93. The molecule has 0 radical (unpaired) electrons. The highest BCUT2D eigenvalue weighted by Crippen LogP contribution is 2.23. The maximum absolute atomic E-state index is 13.3. The van der Waals surface area contributed by atoms with E-state index in [0.29, 0.717) is 0 Å². The predicted octanol–water partition coefficient (Wildman–Crippen LogP) is 6.81. The first kappa shape index (κ1) is 17.4. The van der Waals surface area contributed by atoms with Gasteiger partial charge >= 0.3 is 0 Å². The van der Waals surface area contributed by atoms with Gasteiger partial charge in [-0.1, -0.05) is 103 Å². The largest absolute Gasteiger partial charge is 0.289 e. The van der Waals surface area contributed by atoms with Gasteiger partial charge < -0.3 is 0 Å². The van der Waals surface area contributed by atoms with Gasteiger partial charge in [0.2, 0.25) is 0 Å². The molecule has 0 saturated heterocycles. The van der Waals surface area contributed by atoms with Crippen LogP contribution in [0.15, 0.2) is 109 Å². The smallest absolute Gasteiger partial charge is 0.193 e. The maximum atomic E-state index is 13.3. The Morgan fingerprint density at radius 2 is 1.14 bits per heavy atom. The summed E-state index contributed by atoms with van der Waals surface area (Å²) in [5.41, 5.74) is 3.77. The molecule has 1 nitrogen and oxygen atoms in total. The van der Waals surface area contributed by atoms with E-state index in [1.807, 2.05) is 54.6 Å². The molecule has 0 atom stereocenters. The van der Waals surface area contributed by atoms with Crippen LogP contribution in [0.5, 0.6) is 0 Å². The van der Waals surface area contributed by atoms with Gasteiger partial charge in [0.05, 0.1) is 0 Å². The number of hydrogen-bond donors (Lipinski definition) is 0. The Kier molecular flexibility index (Phi) is 4.42. The van der Waals surface area contributed by atoms with Crippen molar-refractivity contribution >= 4 is 27.3 Å². The fourth-order valence-electron chi connectivity index (χ4n) is 3.95. The van der Waals surface area contributed by atoms with Gasteiger partial charge in [0.1, 0.15) is 0 Å². The molecular formula is C28H20O. The zero-order valence-electron chi connectivity index (χ0n) is 16.0. The topological polar surface area (TPSA) is 17.1 Å². The highest BCUT2D eigenvalue weighted by Gasteiger charge is 2.14. The SMILES string of the molecule is O=C(c1ccc2ccccc2c1)c1ccccc1Cc1ccc2ccccc2c1. The lowest BCUT2D eigenvalue weighted by Crippen LogP contribution is -2.06. The third-order valence-electron chi connectivity index (χ3n) is 5.48. The van der Waals surface area contributed by atoms with E-state index < -0.39 is 0 Å². The van der Waals surface area contributed by atoms with Crippen LogP contribution in [0.3, 0.4) is 0 Å². The summed E-state index contributed by atoms with van der Waals surface area (Å²) >= 11 is 0. The van der Waals surface area contributed by atoms with Crippen molar-refractivity contribution in [3.8, 4) is 0 Å². The van der Waals surface area contributed by atoms with E-state index in [2.05, 4.69) is 54.6 Å². The van der Waals surface area contributed by atoms with E-state index in [0.717, 1.165) is 33.9 Å². The number of ketones is 1. The van der Waals surface area contributed by atoms with Gasteiger partial charge in [-0.3, -0.25) is 4.79 Å². The minimum absolute atomic E-state index is 0.0761. The third kappa shape index (κ3) is 3.43. The van der Waals surface area contributed by atoms with E-state index >= 15 is 0 Å². The standard InChI is InChI=1S/C28H20O/c29-28(26-16-15-22-8-2-4-10-24(22)19-26)27-12-6-5-11-25(27)18-20-13-14-21-7-1-3-9-23(21)17-20/h1-17,19H,18H2. The normalized spacial score (nSPS) is 11.0. The minimum Gasteiger partial charge on any atom is -0.289 e. The molecule has 138 valence electrons. The highest BCUT2D eigenvalue weighted by atomic mass is 16.1. The van der Waals surface area contributed by atoms with Crippen molar-refractivity contribution in [1.29, 1.82) is 0 Å². The van der Waals surface area contributed by atoms with Crippen molar-refractivity contribution in [2.75, 3.05) is 0 Å². The molecule has 5 aromatic rings. The summed E-state index contributed by atoms with van der Waals surface area (Å²) in [4.78, 5) is 13.3. The summed E-state index contributed by atoms with van der Waals surface area (Å²) in [6.07, 6.45) is 0.736. The van der Waals surface area contributed by atoms with Crippen LogP contribution in [-0.2, 0) is 6.42 Å². The van der Waals surface area contributed by atoms with E-state index in [4.69, 9.17) is 0 Å². The summed E-state index contributed by atoms with van der Waals surface area (Å²) in [6, 6.07) is 36.9. The molecule has 0 aliphatic heterocycles. The Hall–Kier alpha value is -3.71. The van der Waals surface area contributed by atoms with Gasteiger partial charge in [0, 0.05) is 11.1 Å². The van der Waals surface area contributed by atoms with E-state index in [-0.39, 0.29) is 5.78 Å². The molecular weight excluding hydrogens is 352 g/mol. The molecule has 0 saturated carbocycles. The zero-order chi connectivity index (χ0) is 19.6. The monoisotopic (exact) mass is 372 g/mol. The Morgan fingerprint density at radius 3 is 1.90 bits per heavy atom. The second-order valence-corrected chi connectivity index (χ2v) is 7.41. The molecule has 0 aliphatic carbocycles. The van der Waals surface area contributed by atoms with Gasteiger partial charge in [-0.15, -0.1) is 0 Å². The van der Waals surface area contributed by atoms with Crippen LogP contribution in [-0.4, -0.2) is 5.78 Å². The Labute approximate surface area is 170 Å². The van der Waals surface area contributed by atoms with E-state index in [1.54, 1.807) is 0 Å². The molecule has 0 spiro atoms. The van der Waals surface area contributed by atoms with Crippen LogP contribution in [0.4, 0.5) is 0 Å². The number of benzene rings is 5. The van der Waals surface area contributed by atoms with Gasteiger partial charge in [0.15, 0.2) is 5.78 Å². The van der Waals surface area contributed by atoms with E-state index in [9.17, 15) is 4.79 Å². The van der Waals surface area contributed by atoms with Crippen molar-refractivity contribution in [2.24, 2.45) is 0 Å². The van der Waals surface area contributed by atoms with Crippen LogP contribution < -0.4 is 0 Å². The second kappa shape index (κ2) is 7.37. The molecule has 0 unspecified atom stereocenters. The Morgan fingerprint density at radius 1 is 0.552 bits per heavy atom. The average Bonchev–Trinajstić information content (AvgIpc) is 2.78. The first-order chi connectivity index (χ1) is 14.3. The summed E-state index contributed by atoms with van der Waals surface area (Å²) in [6.45, 7) is 0. The summed E-state index contributed by atoms with van der Waals surface area (Å²) in [7, 11) is 0. The lowest BCUT2D eigenvalue weighted by molar-refractivity contribution is 0.103. The van der Waals surface area contributed by atoms with Gasteiger partial charge in [-0.05, 0) is 45.2 Å². The van der Waals surface area contributed by atoms with Crippen LogP contribution in [0, 0.1) is 0 Å². The maximum Gasteiger partial charge on any atom is 0.193 e. The second-order valence-electron chi connectivity index (χ2n) is 7.41. The Bertz CT molecular complexity index is 1350. The predicted molar refractivity (Wildman–Crippen MR) is 121 cm³/mol. The van der Waals surface area contributed by atoms with Crippen molar-refractivity contribution in [3.63, 3.8) is 0 Å². The van der Waals surface area contributed by atoms with Crippen molar-refractivity contribution < 1.29 is 4.79 Å². The summed E-state index contributed by atoms with van der Waals surface area (Å²) in [5.74, 6) is 0.0761. The first-order valence-electron chi connectivity index (χ1n) is 9.87. The molecule has 0 bridgehead atoms. The third-order valence-corrected chi connectivity index (χ3v) is 5.48. The summed E-state index contributed by atoms with van der Waals surface area (Å²) < 4.78 is 0. The van der Waals surface area contributed by atoms with Crippen molar-refractivity contribution in [2.45, 2.75) is 6.42 Å². The van der Waals surface area contributed by atoms with Crippen LogP contribution >= 0.6 is 0 Å². The fraction of sp³-hybridized carbons (Fsp3) is 0.0357. The van der Waals surface area contributed by atoms with Gasteiger partial charge in [-0.2, -0.15) is 0 Å². The van der Waals surface area contributed by atoms with E-state index in [1.165, 1.54) is 16.3 Å². The summed E-state index contributed by atoms with van der Waals surface area (Å²) in [5, 5.41) is 4.69. The number of hydrogen-bond acceptors (Lipinski definition) is 1. The van der Waals surface area contributed by atoms with Gasteiger partial charge in [0.25, 0.3) is 0 Å². The molecule has 0 aliphatic rings. The molecule has 0 heterocycles. The number of rotatable bonds is 4. The lowest BCUT2D eigenvalue weighted by Gasteiger charge is -2.10. The molecule has 0 fully saturated rings. The highest BCUT2D eigenvalue weighted by molar-refractivity contribution is 6.11. The van der Waals surface area contributed by atoms with Crippen LogP contribution in [0.1, 0.15) is 27.0 Å². The quantitative estimate of drug-likeness (QED) is 0.317. The molecule has 0 amide bonds. The molecule has 1 heteroatoms. The number of carbonyl (C=O) groups excluding carboxylic acids is 1. The average molecular weight is 372 g/mol. The van der Waals surface area contributed by atoms with Gasteiger partial charge in [-0.25, -0.2) is 0 Å². The fourth-order valence-corrected chi connectivity index (χ4v) is 3.95. The first-order valence-corrected chi connectivity index (χ1v) is 9.87. The van der Waals surface area contributed by atoms with Crippen molar-refractivity contribution in [3.05, 3.63) is 131 Å². The van der Waals surface area contributed by atoms with Crippen LogP contribution in [0.25, 0.3) is 21.5 Å². The Balaban J connectivity index is 1.51. The molecule has 0 aromatic heterocycles. The molecule has 0 N–H and O–H groups in total. The molecule has 5 aromatic carbocycles. The number of carbonyl (C=O) groups is 1. The molecule has 29 heavy (non-hydrogen) atoms. The number of fused-ring (bicyclic) bond motifs is 2. The zero-order valence-corrected chi connectivity index (χ0v) is 16.0.